The topological polar surface area (TPSA) is 121 Å². The van der Waals surface area contributed by atoms with Gasteiger partial charge in [0.1, 0.15) is 24.0 Å². The van der Waals surface area contributed by atoms with Crippen molar-refractivity contribution in [2.75, 3.05) is 19.0 Å². The number of nitrogens with zero attached hydrogens (tertiary/aromatic N) is 4. The van der Waals surface area contributed by atoms with Crippen LogP contribution in [0.4, 0.5) is 14.9 Å². The van der Waals surface area contributed by atoms with E-state index in [0.717, 1.165) is 21.4 Å². The second kappa shape index (κ2) is 10.4. The van der Waals surface area contributed by atoms with Gasteiger partial charge in [-0.1, -0.05) is 0 Å². The molecule has 0 saturated heterocycles. The first-order valence-corrected chi connectivity index (χ1v) is 13.8. The minimum Gasteiger partial charge on any atom is -0.483 e. The van der Waals surface area contributed by atoms with E-state index in [1.807, 2.05) is 19.1 Å². The summed E-state index contributed by atoms with van der Waals surface area (Å²) in [4.78, 5) is 30.3. The van der Waals surface area contributed by atoms with E-state index in [0.29, 0.717) is 51.0 Å². The highest BCUT2D eigenvalue weighted by Crippen LogP contribution is 2.43. The highest BCUT2D eigenvalue weighted by Gasteiger charge is 2.31. The number of rotatable bonds is 6. The van der Waals surface area contributed by atoms with Crippen LogP contribution in [0.25, 0.3) is 43.3 Å². The van der Waals surface area contributed by atoms with Crippen LogP contribution in [0.5, 0.6) is 11.6 Å². The molecule has 3 aromatic carbocycles. The second-order valence-electron chi connectivity index (χ2n) is 9.71. The van der Waals surface area contributed by atoms with Crippen LogP contribution in [-0.4, -0.2) is 45.8 Å². The van der Waals surface area contributed by atoms with E-state index in [1.54, 1.807) is 43.8 Å². The van der Waals surface area contributed by atoms with Crippen LogP contribution >= 0.6 is 11.3 Å². The quantitative estimate of drug-likeness (QED) is 0.232. The molecule has 0 radical (unpaired) electrons. The second-order valence-corrected chi connectivity index (χ2v) is 10.7. The molecule has 0 saturated carbocycles. The van der Waals surface area contributed by atoms with Crippen LogP contribution in [0.2, 0.25) is 0 Å². The van der Waals surface area contributed by atoms with Gasteiger partial charge in [-0.05, 0) is 48.9 Å². The third kappa shape index (κ3) is 4.75. The molecule has 7 rings (SSSR count). The average molecular weight is 584 g/mol. The molecule has 0 unspecified atom stereocenters. The molecule has 0 bridgehead atoms. The third-order valence-electron chi connectivity index (χ3n) is 6.82. The first-order valence-electron chi connectivity index (χ1n) is 13.0. The lowest BCUT2D eigenvalue weighted by Crippen LogP contribution is -2.25. The first kappa shape index (κ1) is 25.8. The number of anilines is 1. The Bertz CT molecular complexity index is 1960. The number of oxazole rings is 1. The summed E-state index contributed by atoms with van der Waals surface area (Å²) >= 11 is 1.44. The number of amides is 1. The standard InChI is InChI=1S/C30H22FN5O5S/c1-15-9-19(25-22(10-15)35-24(38-2)13-33-25)29-36-23-12-21(31)26-20(27(23)42-29)11-18(41-26)14-40-30(37)34-17-5-3-16(4-6-17)28-32-7-8-39-28/h3-10,12-13,18H,11,14H2,1-2H3,(H,34,37)/t18-/m1/s1. The van der Waals surface area contributed by atoms with Crippen LogP contribution in [0, 0.1) is 12.7 Å². The van der Waals surface area contributed by atoms with E-state index in [4.69, 9.17) is 23.6 Å². The lowest BCUT2D eigenvalue weighted by atomic mass is 10.1. The van der Waals surface area contributed by atoms with Crippen LogP contribution in [0.3, 0.4) is 0 Å². The van der Waals surface area contributed by atoms with Gasteiger partial charge < -0.3 is 18.6 Å². The summed E-state index contributed by atoms with van der Waals surface area (Å²) in [5.41, 5.74) is 5.71. The van der Waals surface area contributed by atoms with Crippen LogP contribution < -0.4 is 14.8 Å². The number of carbonyl (C=O) groups excluding carboxylic acids is 1. The fraction of sp³-hybridized carbons (Fsp3) is 0.167. The van der Waals surface area contributed by atoms with E-state index in [-0.39, 0.29) is 12.4 Å². The maximum absolute atomic E-state index is 15.1. The van der Waals surface area contributed by atoms with Crippen molar-refractivity contribution in [1.82, 2.24) is 19.9 Å². The van der Waals surface area contributed by atoms with E-state index in [9.17, 15) is 4.79 Å². The molecule has 6 aromatic rings. The molecule has 0 aliphatic carbocycles. The summed E-state index contributed by atoms with van der Waals surface area (Å²) < 4.78 is 37.7. The van der Waals surface area contributed by atoms with Crippen molar-refractivity contribution in [3.8, 4) is 33.7 Å². The van der Waals surface area contributed by atoms with Gasteiger partial charge in [-0.3, -0.25) is 5.32 Å². The number of hydrogen-bond donors (Lipinski definition) is 1. The van der Waals surface area contributed by atoms with Gasteiger partial charge in [0, 0.05) is 34.9 Å². The Labute approximate surface area is 242 Å². The highest BCUT2D eigenvalue weighted by molar-refractivity contribution is 7.22. The minimum atomic E-state index is -0.645. The minimum absolute atomic E-state index is 0.0541. The van der Waals surface area contributed by atoms with Gasteiger partial charge in [-0.25, -0.2) is 29.1 Å². The average Bonchev–Trinajstić information content (AvgIpc) is 3.76. The van der Waals surface area contributed by atoms with Crippen molar-refractivity contribution < 1.29 is 27.8 Å². The Morgan fingerprint density at radius 1 is 1.14 bits per heavy atom. The molecule has 42 heavy (non-hydrogen) atoms. The number of aryl methyl sites for hydroxylation is 1. The number of aromatic nitrogens is 4. The molecule has 1 aliphatic rings. The first-order chi connectivity index (χ1) is 20.4. The predicted octanol–water partition coefficient (Wildman–Crippen LogP) is 6.57. The number of ether oxygens (including phenoxy) is 3. The number of carbonyl (C=O) groups is 1. The summed E-state index contributed by atoms with van der Waals surface area (Å²) in [6.07, 6.45) is 3.80. The third-order valence-corrected chi connectivity index (χ3v) is 7.98. The summed E-state index contributed by atoms with van der Waals surface area (Å²) in [7, 11) is 1.54. The molecule has 3 aromatic heterocycles. The number of nitrogens with one attached hydrogen (secondary N) is 1. The van der Waals surface area contributed by atoms with Crippen molar-refractivity contribution in [2.45, 2.75) is 19.4 Å². The SMILES string of the molecule is COc1cnc2c(-c3nc4cc(F)c5c(c4s3)C[C@H](COC(=O)Nc3ccc(-c4ncco4)cc3)O5)cc(C)cc2n1. The van der Waals surface area contributed by atoms with Gasteiger partial charge in [-0.15, -0.1) is 11.3 Å². The number of benzene rings is 3. The number of hydrogen-bond acceptors (Lipinski definition) is 10. The van der Waals surface area contributed by atoms with Gasteiger partial charge in [0.2, 0.25) is 11.8 Å². The number of thiazole rings is 1. The zero-order chi connectivity index (χ0) is 28.8. The Hall–Kier alpha value is -5.10. The molecular formula is C30H22FN5O5S. The molecule has 0 fully saturated rings. The predicted molar refractivity (Wildman–Crippen MR) is 154 cm³/mol. The maximum Gasteiger partial charge on any atom is 0.411 e. The zero-order valence-electron chi connectivity index (χ0n) is 22.4. The van der Waals surface area contributed by atoms with Gasteiger partial charge in [-0.2, -0.15) is 0 Å². The fourth-order valence-corrected chi connectivity index (χ4v) is 6.04. The summed E-state index contributed by atoms with van der Waals surface area (Å²) in [6.45, 7) is 1.91. The van der Waals surface area contributed by atoms with Crippen molar-refractivity contribution in [3.63, 3.8) is 0 Å². The Morgan fingerprint density at radius 2 is 2.00 bits per heavy atom. The van der Waals surface area contributed by atoms with Crippen molar-refractivity contribution in [2.24, 2.45) is 0 Å². The molecule has 1 amide bonds. The van der Waals surface area contributed by atoms with Crippen molar-refractivity contribution in [1.29, 1.82) is 0 Å². The van der Waals surface area contributed by atoms with Crippen LogP contribution in [0.15, 0.2) is 65.5 Å². The summed E-state index contributed by atoms with van der Waals surface area (Å²) in [6, 6.07) is 12.3. The van der Waals surface area contributed by atoms with Gasteiger partial charge in [0.15, 0.2) is 11.6 Å². The van der Waals surface area contributed by atoms with Crippen LogP contribution in [-0.2, 0) is 11.2 Å². The van der Waals surface area contributed by atoms with Gasteiger partial charge in [0.05, 0.1) is 40.8 Å². The van der Waals surface area contributed by atoms with Gasteiger partial charge >= 0.3 is 6.09 Å². The van der Waals surface area contributed by atoms with Crippen LogP contribution in [0.1, 0.15) is 11.1 Å². The van der Waals surface area contributed by atoms with Gasteiger partial charge in [0.25, 0.3) is 0 Å². The Kier molecular flexibility index (Phi) is 6.39. The lowest BCUT2D eigenvalue weighted by Gasteiger charge is -2.12. The Morgan fingerprint density at radius 3 is 2.79 bits per heavy atom. The van der Waals surface area contributed by atoms with E-state index in [1.165, 1.54) is 23.7 Å². The zero-order valence-corrected chi connectivity index (χ0v) is 23.2. The number of halogens is 1. The van der Waals surface area contributed by atoms with Crippen molar-refractivity contribution >= 4 is 44.4 Å². The molecule has 10 nitrogen and oxygen atoms in total. The molecule has 0 spiro atoms. The monoisotopic (exact) mass is 583 g/mol. The maximum atomic E-state index is 15.1. The highest BCUT2D eigenvalue weighted by atomic mass is 32.1. The summed E-state index contributed by atoms with van der Waals surface area (Å²) in [5.74, 6) is 0.555. The molecule has 210 valence electrons. The molecule has 1 N–H and O–H groups in total. The Balaban J connectivity index is 1.08. The van der Waals surface area contributed by atoms with E-state index in [2.05, 4.69) is 20.3 Å². The largest absolute Gasteiger partial charge is 0.483 e. The fourth-order valence-electron chi connectivity index (χ4n) is 4.93. The molecule has 1 aliphatic heterocycles. The molecule has 4 heterocycles. The van der Waals surface area contributed by atoms with Crippen molar-refractivity contribution in [3.05, 3.63) is 78.1 Å². The van der Waals surface area contributed by atoms with E-state index < -0.39 is 18.0 Å². The molecule has 12 heteroatoms. The van der Waals surface area contributed by atoms with E-state index >= 15 is 4.39 Å². The number of fused-ring (bicyclic) bond motifs is 4. The summed E-state index contributed by atoms with van der Waals surface area (Å²) in [5, 5.41) is 3.37. The normalized spacial score (nSPS) is 14.1. The lowest BCUT2D eigenvalue weighted by molar-refractivity contribution is 0.100. The molecular weight excluding hydrogens is 561 g/mol. The molecule has 1 atom stereocenters. The number of methoxy groups -OCH3 is 1. The smallest absolute Gasteiger partial charge is 0.411 e.